The van der Waals surface area contributed by atoms with Crippen LogP contribution in [0.4, 0.5) is 11.4 Å². The van der Waals surface area contributed by atoms with Gasteiger partial charge in [-0.1, -0.05) is 6.07 Å². The number of benzene rings is 1. The van der Waals surface area contributed by atoms with E-state index < -0.39 is 0 Å². The maximum atomic E-state index is 10.7. The number of nitro benzene ring substituents is 1. The standard InChI is InChI=1S/C12H11IN2O2S/c13-11-8-9(3-4-12(11)15(16)17)14-6-5-10-2-1-7-18-10/h1-4,7-8,14H,5-6H2. The summed E-state index contributed by atoms with van der Waals surface area (Å²) < 4.78 is 0.652. The van der Waals surface area contributed by atoms with Crippen molar-refractivity contribution < 1.29 is 4.92 Å². The average molecular weight is 374 g/mol. The summed E-state index contributed by atoms with van der Waals surface area (Å²) in [5.74, 6) is 0. The molecule has 0 amide bonds. The zero-order valence-electron chi connectivity index (χ0n) is 9.43. The Labute approximate surface area is 122 Å². The molecule has 0 bridgehead atoms. The predicted molar refractivity (Wildman–Crippen MR) is 82.3 cm³/mol. The summed E-state index contributed by atoms with van der Waals surface area (Å²) >= 11 is 3.72. The molecule has 0 aliphatic carbocycles. The molecule has 2 aromatic rings. The second-order valence-electron chi connectivity index (χ2n) is 3.68. The lowest BCUT2D eigenvalue weighted by atomic mass is 10.2. The minimum Gasteiger partial charge on any atom is -0.385 e. The number of nitrogens with one attached hydrogen (secondary N) is 1. The first kappa shape index (κ1) is 13.3. The van der Waals surface area contributed by atoms with Gasteiger partial charge in [0.15, 0.2) is 0 Å². The molecule has 0 saturated heterocycles. The van der Waals surface area contributed by atoms with Crippen LogP contribution in [0.5, 0.6) is 0 Å². The van der Waals surface area contributed by atoms with Gasteiger partial charge in [0.25, 0.3) is 5.69 Å². The Kier molecular flexibility index (Phi) is 4.54. The molecule has 0 aliphatic heterocycles. The smallest absolute Gasteiger partial charge is 0.282 e. The van der Waals surface area contributed by atoms with E-state index in [0.29, 0.717) is 3.57 Å². The van der Waals surface area contributed by atoms with Gasteiger partial charge in [0.2, 0.25) is 0 Å². The van der Waals surface area contributed by atoms with E-state index in [1.54, 1.807) is 23.5 Å². The second kappa shape index (κ2) is 6.14. The molecule has 0 radical (unpaired) electrons. The minimum absolute atomic E-state index is 0.152. The fraction of sp³-hybridized carbons (Fsp3) is 0.167. The van der Waals surface area contributed by atoms with Crippen LogP contribution < -0.4 is 5.32 Å². The van der Waals surface area contributed by atoms with Crippen LogP contribution in [-0.2, 0) is 6.42 Å². The summed E-state index contributed by atoms with van der Waals surface area (Å²) in [6, 6.07) is 9.22. The normalized spacial score (nSPS) is 10.3. The van der Waals surface area contributed by atoms with E-state index >= 15 is 0 Å². The van der Waals surface area contributed by atoms with Crippen molar-refractivity contribution in [3.05, 3.63) is 54.3 Å². The van der Waals surface area contributed by atoms with Gasteiger partial charge in [0.05, 0.1) is 8.49 Å². The average Bonchev–Trinajstić information content (AvgIpc) is 2.81. The van der Waals surface area contributed by atoms with Crippen molar-refractivity contribution in [2.24, 2.45) is 0 Å². The summed E-state index contributed by atoms with van der Waals surface area (Å²) in [6.07, 6.45) is 0.964. The molecule has 1 N–H and O–H groups in total. The summed E-state index contributed by atoms with van der Waals surface area (Å²) in [5, 5.41) is 16.0. The van der Waals surface area contributed by atoms with Gasteiger partial charge >= 0.3 is 0 Å². The molecule has 94 valence electrons. The lowest BCUT2D eigenvalue weighted by molar-refractivity contribution is -0.385. The molecule has 0 unspecified atom stereocenters. The molecule has 18 heavy (non-hydrogen) atoms. The fourth-order valence-electron chi connectivity index (χ4n) is 1.55. The van der Waals surface area contributed by atoms with Gasteiger partial charge in [-0.25, -0.2) is 0 Å². The van der Waals surface area contributed by atoms with Gasteiger partial charge in [0.1, 0.15) is 0 Å². The third-order valence-corrected chi connectivity index (χ3v) is 4.23. The highest BCUT2D eigenvalue weighted by Crippen LogP contribution is 2.24. The van der Waals surface area contributed by atoms with Gasteiger partial charge in [-0.05, 0) is 52.6 Å². The number of rotatable bonds is 5. The third-order valence-electron chi connectivity index (χ3n) is 2.43. The highest BCUT2D eigenvalue weighted by Gasteiger charge is 2.11. The van der Waals surface area contributed by atoms with Gasteiger partial charge in [0, 0.05) is 23.2 Å². The largest absolute Gasteiger partial charge is 0.385 e. The van der Waals surface area contributed by atoms with Crippen LogP contribution in [0, 0.1) is 13.7 Å². The number of halogens is 1. The Morgan fingerprint density at radius 1 is 1.39 bits per heavy atom. The van der Waals surface area contributed by atoms with Crippen LogP contribution in [0.2, 0.25) is 0 Å². The second-order valence-corrected chi connectivity index (χ2v) is 5.87. The maximum absolute atomic E-state index is 10.7. The lowest BCUT2D eigenvalue weighted by Gasteiger charge is -2.06. The number of hydrogen-bond donors (Lipinski definition) is 1. The van der Waals surface area contributed by atoms with Crippen LogP contribution in [0.15, 0.2) is 35.7 Å². The van der Waals surface area contributed by atoms with Crippen molar-refractivity contribution >= 4 is 45.3 Å². The Morgan fingerprint density at radius 3 is 2.83 bits per heavy atom. The Hall–Kier alpha value is -1.15. The lowest BCUT2D eigenvalue weighted by Crippen LogP contribution is -2.04. The van der Waals surface area contributed by atoms with E-state index in [2.05, 4.69) is 16.8 Å². The van der Waals surface area contributed by atoms with Crippen molar-refractivity contribution in [1.82, 2.24) is 0 Å². The summed E-state index contributed by atoms with van der Waals surface area (Å²) in [6.45, 7) is 0.828. The number of hydrogen-bond acceptors (Lipinski definition) is 4. The number of nitrogens with zero attached hydrogens (tertiary/aromatic N) is 1. The predicted octanol–water partition coefficient (Wildman–Crippen LogP) is 3.92. The molecule has 4 nitrogen and oxygen atoms in total. The molecule has 1 aromatic carbocycles. The minimum atomic E-state index is -0.364. The van der Waals surface area contributed by atoms with Gasteiger partial charge in [-0.2, -0.15) is 0 Å². The summed E-state index contributed by atoms with van der Waals surface area (Å²) in [4.78, 5) is 11.7. The summed E-state index contributed by atoms with van der Waals surface area (Å²) in [7, 11) is 0. The van der Waals surface area contributed by atoms with Crippen LogP contribution in [0.25, 0.3) is 0 Å². The Balaban J connectivity index is 1.94. The van der Waals surface area contributed by atoms with Gasteiger partial charge < -0.3 is 5.32 Å². The molecule has 2 rings (SSSR count). The fourth-order valence-corrected chi connectivity index (χ4v) is 2.97. The topological polar surface area (TPSA) is 55.2 Å². The van der Waals surface area contributed by atoms with Crippen LogP contribution in [-0.4, -0.2) is 11.5 Å². The van der Waals surface area contributed by atoms with Gasteiger partial charge in [-0.15, -0.1) is 11.3 Å². The van der Waals surface area contributed by atoms with Crippen molar-refractivity contribution in [2.45, 2.75) is 6.42 Å². The SMILES string of the molecule is O=[N+]([O-])c1ccc(NCCc2cccs2)cc1I. The van der Waals surface area contributed by atoms with Crippen molar-refractivity contribution in [3.63, 3.8) is 0 Å². The molecule has 1 aromatic heterocycles. The monoisotopic (exact) mass is 374 g/mol. The molecular weight excluding hydrogens is 363 g/mol. The van der Waals surface area contributed by atoms with Crippen molar-refractivity contribution in [3.8, 4) is 0 Å². The summed E-state index contributed by atoms with van der Waals surface area (Å²) in [5.41, 5.74) is 1.07. The first-order valence-corrected chi connectivity index (χ1v) is 7.33. The van der Waals surface area contributed by atoms with E-state index in [-0.39, 0.29) is 10.6 Å². The van der Waals surface area contributed by atoms with Crippen LogP contribution in [0.1, 0.15) is 4.88 Å². The zero-order valence-corrected chi connectivity index (χ0v) is 12.4. The highest BCUT2D eigenvalue weighted by molar-refractivity contribution is 14.1. The Morgan fingerprint density at radius 2 is 2.22 bits per heavy atom. The van der Waals surface area contributed by atoms with Crippen molar-refractivity contribution in [1.29, 1.82) is 0 Å². The van der Waals surface area contributed by atoms with E-state index in [4.69, 9.17) is 0 Å². The highest BCUT2D eigenvalue weighted by atomic mass is 127. The van der Waals surface area contributed by atoms with E-state index in [1.165, 1.54) is 10.9 Å². The quantitative estimate of drug-likeness (QED) is 0.491. The number of thiophene rings is 1. The maximum Gasteiger partial charge on any atom is 0.282 e. The van der Waals surface area contributed by atoms with Gasteiger partial charge in [-0.3, -0.25) is 10.1 Å². The van der Waals surface area contributed by atoms with Crippen molar-refractivity contribution in [2.75, 3.05) is 11.9 Å². The van der Waals surface area contributed by atoms with Crippen LogP contribution >= 0.6 is 33.9 Å². The zero-order chi connectivity index (χ0) is 13.0. The Bertz CT molecular complexity index is 543. The number of nitro groups is 1. The molecule has 0 saturated carbocycles. The molecular formula is C12H11IN2O2S. The molecule has 0 spiro atoms. The van der Waals surface area contributed by atoms with E-state index in [1.807, 2.05) is 28.7 Å². The molecule has 0 atom stereocenters. The number of anilines is 1. The molecule has 1 heterocycles. The molecule has 0 aliphatic rings. The van der Waals surface area contributed by atoms with E-state index in [9.17, 15) is 10.1 Å². The first-order valence-electron chi connectivity index (χ1n) is 5.37. The van der Waals surface area contributed by atoms with Crippen LogP contribution in [0.3, 0.4) is 0 Å². The van der Waals surface area contributed by atoms with E-state index in [0.717, 1.165) is 18.7 Å². The first-order chi connectivity index (χ1) is 8.66. The third kappa shape index (κ3) is 3.42. The molecule has 6 heteroatoms. The molecule has 0 fully saturated rings.